The predicted molar refractivity (Wildman–Crippen MR) is 144 cm³/mol. The van der Waals surface area contributed by atoms with Crippen LogP contribution < -0.4 is 10.2 Å². The van der Waals surface area contributed by atoms with Crippen LogP contribution in [0, 0.1) is 0 Å². The van der Waals surface area contributed by atoms with Crippen LogP contribution >= 0.6 is 0 Å². The number of imidazole rings is 1. The minimum absolute atomic E-state index is 0.141. The highest BCUT2D eigenvalue weighted by Gasteiger charge is 2.36. The molecule has 1 saturated carbocycles. The van der Waals surface area contributed by atoms with E-state index in [4.69, 9.17) is 14.7 Å². The van der Waals surface area contributed by atoms with Crippen LogP contribution in [-0.4, -0.2) is 49.9 Å². The maximum absolute atomic E-state index is 13.2. The minimum Gasteiger partial charge on any atom is -0.480 e. The van der Waals surface area contributed by atoms with Crippen molar-refractivity contribution in [2.24, 2.45) is 9.98 Å². The van der Waals surface area contributed by atoms with E-state index in [1.54, 1.807) is 26.2 Å². The summed E-state index contributed by atoms with van der Waals surface area (Å²) >= 11 is 0. The lowest BCUT2D eigenvalue weighted by atomic mass is 9.81. The minimum atomic E-state index is -4.49. The quantitative estimate of drug-likeness (QED) is 0.431. The fourth-order valence-electron chi connectivity index (χ4n) is 5.22. The molecule has 6 rings (SSSR count). The number of aryl methyl sites for hydroxylation is 1. The smallest absolute Gasteiger partial charge is 0.434 e. The molecule has 0 amide bonds. The maximum Gasteiger partial charge on any atom is 0.434 e. The summed E-state index contributed by atoms with van der Waals surface area (Å²) in [6, 6.07) is 7.28. The Balaban J connectivity index is 1.28. The number of rotatable bonds is 7. The van der Waals surface area contributed by atoms with E-state index in [1.807, 2.05) is 30.3 Å². The number of benzene rings is 1. The molecule has 2 aromatic heterocycles. The Morgan fingerprint density at radius 1 is 1.15 bits per heavy atom. The third-order valence-electron chi connectivity index (χ3n) is 7.70. The molecule has 0 saturated heterocycles. The zero-order chi connectivity index (χ0) is 28.0. The van der Waals surface area contributed by atoms with Crippen molar-refractivity contribution in [3.63, 3.8) is 0 Å². The summed E-state index contributed by atoms with van der Waals surface area (Å²) in [6.45, 7) is 4.66. The third-order valence-corrected chi connectivity index (χ3v) is 7.70. The van der Waals surface area contributed by atoms with Gasteiger partial charge in [-0.3, -0.25) is 10.0 Å². The molecule has 0 radical (unpaired) electrons. The van der Waals surface area contributed by atoms with E-state index < -0.39 is 11.9 Å². The number of aromatic nitrogens is 4. The summed E-state index contributed by atoms with van der Waals surface area (Å²) in [5.41, 5.74) is 6.61. The van der Waals surface area contributed by atoms with Crippen molar-refractivity contribution < 1.29 is 17.9 Å². The third kappa shape index (κ3) is 4.50. The second-order valence-electron chi connectivity index (χ2n) is 10.0. The van der Waals surface area contributed by atoms with E-state index >= 15 is 0 Å². The van der Waals surface area contributed by atoms with Gasteiger partial charge in [-0.05, 0) is 32.3 Å². The number of hydrogen-bond acceptors (Lipinski definition) is 8. The molecule has 1 atom stereocenters. The molecule has 4 heterocycles. The van der Waals surface area contributed by atoms with Gasteiger partial charge in [0.2, 0.25) is 5.88 Å². The molecule has 208 valence electrons. The Bertz CT molecular complexity index is 1520. The van der Waals surface area contributed by atoms with Crippen LogP contribution in [-0.2, 0) is 12.7 Å². The summed E-state index contributed by atoms with van der Waals surface area (Å²) in [4.78, 5) is 22.5. The molecule has 9 nitrogen and oxygen atoms in total. The monoisotopic (exact) mass is 550 g/mol. The van der Waals surface area contributed by atoms with E-state index in [0.717, 1.165) is 47.3 Å². The number of hydrazine groups is 1. The second kappa shape index (κ2) is 10.1. The van der Waals surface area contributed by atoms with Crippen LogP contribution in [0.3, 0.4) is 0 Å². The number of methoxy groups -OCH3 is 1. The van der Waals surface area contributed by atoms with Crippen LogP contribution in [0.4, 0.5) is 13.2 Å². The van der Waals surface area contributed by atoms with E-state index in [0.29, 0.717) is 36.3 Å². The van der Waals surface area contributed by atoms with Crippen molar-refractivity contribution in [2.45, 2.75) is 57.8 Å². The topological polar surface area (TPSA) is 92.8 Å². The predicted octanol–water partition coefficient (Wildman–Crippen LogP) is 5.28. The molecule has 0 bridgehead atoms. The van der Waals surface area contributed by atoms with Crippen molar-refractivity contribution in [1.29, 1.82) is 0 Å². The highest BCUT2D eigenvalue weighted by Crippen LogP contribution is 2.39. The Labute approximate surface area is 229 Å². The number of nitrogens with one attached hydrogen (secondary N) is 1. The first-order valence-electron chi connectivity index (χ1n) is 13.3. The van der Waals surface area contributed by atoms with Gasteiger partial charge >= 0.3 is 6.18 Å². The molecular formula is C28H29F3N8O. The van der Waals surface area contributed by atoms with Crippen LogP contribution in [0.5, 0.6) is 5.88 Å². The van der Waals surface area contributed by atoms with Crippen molar-refractivity contribution >= 4 is 11.7 Å². The first-order valence-corrected chi connectivity index (χ1v) is 13.3. The summed E-state index contributed by atoms with van der Waals surface area (Å²) < 4.78 is 46.8. The van der Waals surface area contributed by atoms with Crippen LogP contribution in [0.25, 0.3) is 11.4 Å². The number of halogens is 3. The summed E-state index contributed by atoms with van der Waals surface area (Å²) in [7, 11) is 1.59. The average molecular weight is 551 g/mol. The standard InChI is InChI=1S/C28H29F3N8O/c1-4-38-14-21(28(29,30)31)36-25(38)19-10-8-17(9-11-19)16(2)39-26-20(13-35-39)12-32-24(37-26)22-23(18-6-5-7-18)33-15-34-27(22)40-3/h8-11,13-16,18,35H,4-7,12H2,1-3H3/t16-/m0/s1. The number of amidine groups is 2. The first kappa shape index (κ1) is 26.0. The van der Waals surface area contributed by atoms with Crippen LogP contribution in [0.15, 0.2) is 58.5 Å². The van der Waals surface area contributed by atoms with Gasteiger partial charge in [0.25, 0.3) is 0 Å². The highest BCUT2D eigenvalue weighted by atomic mass is 19.4. The van der Waals surface area contributed by atoms with Gasteiger partial charge in [-0.25, -0.2) is 19.9 Å². The van der Waals surface area contributed by atoms with Crippen molar-refractivity contribution in [3.8, 4) is 17.3 Å². The summed E-state index contributed by atoms with van der Waals surface area (Å²) in [5.74, 6) is 2.40. The molecule has 0 spiro atoms. The molecule has 3 aromatic rings. The highest BCUT2D eigenvalue weighted by molar-refractivity contribution is 6.15. The molecule has 1 fully saturated rings. The average Bonchev–Trinajstić information content (AvgIpc) is 3.56. The van der Waals surface area contributed by atoms with Gasteiger partial charge in [0.15, 0.2) is 17.4 Å². The van der Waals surface area contributed by atoms with E-state index in [2.05, 4.69) is 20.4 Å². The van der Waals surface area contributed by atoms with Gasteiger partial charge in [0, 0.05) is 36.0 Å². The van der Waals surface area contributed by atoms with Gasteiger partial charge in [0.05, 0.1) is 25.4 Å². The number of hydrogen-bond donors (Lipinski definition) is 1. The summed E-state index contributed by atoms with van der Waals surface area (Å²) in [6.07, 6.45) is 3.29. The fourth-order valence-corrected chi connectivity index (χ4v) is 5.22. The largest absolute Gasteiger partial charge is 0.480 e. The van der Waals surface area contributed by atoms with Crippen molar-refractivity contribution in [1.82, 2.24) is 30.0 Å². The molecule has 40 heavy (non-hydrogen) atoms. The molecule has 1 aliphatic carbocycles. The number of nitrogens with zero attached hydrogens (tertiary/aromatic N) is 7. The molecule has 1 aromatic carbocycles. The lowest BCUT2D eigenvalue weighted by Gasteiger charge is -2.30. The van der Waals surface area contributed by atoms with Gasteiger partial charge in [0.1, 0.15) is 17.7 Å². The SMILES string of the molecule is CCn1cc(C(F)(F)F)nc1-c1ccc([C@H](C)N2NC=C3CN=C(c4c(OC)ncnc4C4CCC4)N=C32)cc1. The Kier molecular flexibility index (Phi) is 6.55. The lowest BCUT2D eigenvalue weighted by Crippen LogP contribution is -2.39. The van der Waals surface area contributed by atoms with Crippen molar-refractivity contribution in [3.05, 3.63) is 71.1 Å². The maximum atomic E-state index is 13.2. The molecule has 0 unspecified atom stereocenters. The summed E-state index contributed by atoms with van der Waals surface area (Å²) in [5, 5.41) is 1.97. The molecule has 12 heteroatoms. The number of alkyl halides is 3. The zero-order valence-electron chi connectivity index (χ0n) is 22.4. The fraction of sp³-hybridized carbons (Fsp3) is 0.393. The lowest BCUT2D eigenvalue weighted by molar-refractivity contribution is -0.140. The van der Waals surface area contributed by atoms with E-state index in [1.165, 1.54) is 17.3 Å². The van der Waals surface area contributed by atoms with E-state index in [9.17, 15) is 13.2 Å². The molecule has 1 N–H and O–H groups in total. The van der Waals surface area contributed by atoms with Gasteiger partial charge in [-0.15, -0.1) is 0 Å². The van der Waals surface area contributed by atoms with Gasteiger partial charge < -0.3 is 14.7 Å². The molecular weight excluding hydrogens is 521 g/mol. The Morgan fingerprint density at radius 3 is 2.58 bits per heavy atom. The molecule has 3 aliphatic rings. The Morgan fingerprint density at radius 2 is 1.93 bits per heavy atom. The number of fused-ring (bicyclic) bond motifs is 1. The zero-order valence-corrected chi connectivity index (χ0v) is 22.4. The van der Waals surface area contributed by atoms with Crippen LogP contribution in [0.2, 0.25) is 0 Å². The van der Waals surface area contributed by atoms with Crippen molar-refractivity contribution in [2.75, 3.05) is 13.7 Å². The second-order valence-corrected chi connectivity index (χ2v) is 10.0. The van der Waals surface area contributed by atoms with Gasteiger partial charge in [-0.2, -0.15) is 13.2 Å². The van der Waals surface area contributed by atoms with Crippen LogP contribution in [0.1, 0.15) is 67.6 Å². The first-order chi connectivity index (χ1) is 19.3. The van der Waals surface area contributed by atoms with Gasteiger partial charge in [-0.1, -0.05) is 30.7 Å². The normalized spacial score (nSPS) is 17.9. The molecule has 2 aliphatic heterocycles. The number of ether oxygens (including phenoxy) is 1. The number of aliphatic imine (C=N–C) groups is 2. The van der Waals surface area contributed by atoms with E-state index in [-0.39, 0.29) is 11.9 Å². The Hall–Kier alpha value is -4.22.